The second-order valence-corrected chi connectivity index (χ2v) is 5.47. The van der Waals surface area contributed by atoms with E-state index in [0.717, 1.165) is 31.4 Å². The van der Waals surface area contributed by atoms with Gasteiger partial charge in [0.05, 0.1) is 12.1 Å². The molecule has 4 nitrogen and oxygen atoms in total. The van der Waals surface area contributed by atoms with Crippen LogP contribution in [0, 0.1) is 5.92 Å². The highest BCUT2D eigenvalue weighted by Crippen LogP contribution is 2.42. The van der Waals surface area contributed by atoms with Crippen molar-refractivity contribution in [2.45, 2.75) is 31.7 Å². The number of guanidine groups is 1. The topological polar surface area (TPSA) is 44.9 Å². The molecule has 2 saturated heterocycles. The maximum Gasteiger partial charge on any atom is 0.191 e. The molecule has 3 unspecified atom stereocenters. The quantitative estimate of drug-likeness (QED) is 0.739. The van der Waals surface area contributed by atoms with Gasteiger partial charge in [0.25, 0.3) is 0 Å². The van der Waals surface area contributed by atoms with Gasteiger partial charge in [0.15, 0.2) is 5.96 Å². The standard InChI is InChI=1S/C12H22N4/c1-2-5-16-11(13)14-9-12(16)4-7-15-6-3-10(12)8-15/h10H,2-9H2,1H3,(H2,13,14). The summed E-state index contributed by atoms with van der Waals surface area (Å²) in [5, 5.41) is 0. The van der Waals surface area contributed by atoms with Crippen LogP contribution in [0.3, 0.4) is 0 Å². The number of nitrogens with zero attached hydrogens (tertiary/aromatic N) is 3. The molecule has 3 atom stereocenters. The third kappa shape index (κ3) is 1.29. The van der Waals surface area contributed by atoms with Crippen molar-refractivity contribution in [2.75, 3.05) is 32.7 Å². The third-order valence-corrected chi connectivity index (χ3v) is 4.67. The van der Waals surface area contributed by atoms with Crippen molar-refractivity contribution < 1.29 is 0 Å². The van der Waals surface area contributed by atoms with Gasteiger partial charge < -0.3 is 15.5 Å². The summed E-state index contributed by atoms with van der Waals surface area (Å²) in [5.41, 5.74) is 6.35. The van der Waals surface area contributed by atoms with Gasteiger partial charge in [0, 0.05) is 19.6 Å². The lowest BCUT2D eigenvalue weighted by Gasteiger charge is -2.46. The highest BCUT2D eigenvalue weighted by atomic mass is 15.4. The van der Waals surface area contributed by atoms with Crippen molar-refractivity contribution >= 4 is 5.96 Å². The molecule has 1 spiro atoms. The Kier molecular flexibility index (Phi) is 2.35. The van der Waals surface area contributed by atoms with Crippen LogP contribution in [-0.4, -0.2) is 54.0 Å². The van der Waals surface area contributed by atoms with E-state index in [2.05, 4.69) is 21.7 Å². The minimum atomic E-state index is 0.285. The number of piperidine rings is 1. The average Bonchev–Trinajstić information content (AvgIpc) is 2.82. The molecule has 3 rings (SSSR count). The van der Waals surface area contributed by atoms with Crippen molar-refractivity contribution in [3.8, 4) is 0 Å². The first kappa shape index (κ1) is 10.4. The normalized spacial score (nSPS) is 41.8. The Morgan fingerprint density at radius 2 is 2.38 bits per heavy atom. The molecular weight excluding hydrogens is 200 g/mol. The Hall–Kier alpha value is -0.770. The fourth-order valence-corrected chi connectivity index (χ4v) is 3.77. The van der Waals surface area contributed by atoms with Crippen molar-refractivity contribution in [3.05, 3.63) is 0 Å². The Morgan fingerprint density at radius 3 is 3.19 bits per heavy atom. The van der Waals surface area contributed by atoms with Gasteiger partial charge in [-0.1, -0.05) is 6.92 Å². The first-order chi connectivity index (χ1) is 7.76. The Morgan fingerprint density at radius 1 is 1.50 bits per heavy atom. The van der Waals surface area contributed by atoms with E-state index in [4.69, 9.17) is 5.73 Å². The summed E-state index contributed by atoms with van der Waals surface area (Å²) >= 11 is 0. The molecule has 0 aromatic heterocycles. The summed E-state index contributed by atoms with van der Waals surface area (Å²) in [7, 11) is 0. The molecule has 0 radical (unpaired) electrons. The van der Waals surface area contributed by atoms with Gasteiger partial charge in [-0.15, -0.1) is 0 Å². The molecule has 0 aromatic carbocycles. The van der Waals surface area contributed by atoms with Crippen molar-refractivity contribution in [1.82, 2.24) is 9.80 Å². The highest BCUT2D eigenvalue weighted by molar-refractivity contribution is 5.81. The maximum atomic E-state index is 6.06. The van der Waals surface area contributed by atoms with Gasteiger partial charge >= 0.3 is 0 Å². The number of hydrogen-bond acceptors (Lipinski definition) is 4. The summed E-state index contributed by atoms with van der Waals surface area (Å²) in [4.78, 5) is 9.54. The minimum Gasteiger partial charge on any atom is -0.370 e. The lowest BCUT2D eigenvalue weighted by atomic mass is 9.78. The first-order valence-electron chi connectivity index (χ1n) is 6.56. The summed E-state index contributed by atoms with van der Waals surface area (Å²) in [6, 6.07) is 0. The van der Waals surface area contributed by atoms with Gasteiger partial charge in [0.2, 0.25) is 0 Å². The lowest BCUT2D eigenvalue weighted by molar-refractivity contribution is 0.0710. The van der Waals surface area contributed by atoms with E-state index in [-0.39, 0.29) is 5.54 Å². The molecule has 3 heterocycles. The second-order valence-electron chi connectivity index (χ2n) is 5.47. The predicted octanol–water partition coefficient (Wildman–Crippen LogP) is 0.491. The molecule has 0 aromatic rings. The number of fused-ring (bicyclic) bond motifs is 3. The van der Waals surface area contributed by atoms with Crippen LogP contribution in [0.15, 0.2) is 4.99 Å². The minimum absolute atomic E-state index is 0.285. The smallest absolute Gasteiger partial charge is 0.191 e. The van der Waals surface area contributed by atoms with E-state index in [0.29, 0.717) is 0 Å². The number of aliphatic imine (C=N–C) groups is 1. The fourth-order valence-electron chi connectivity index (χ4n) is 3.77. The van der Waals surface area contributed by atoms with E-state index in [1.54, 1.807) is 0 Å². The monoisotopic (exact) mass is 222 g/mol. The van der Waals surface area contributed by atoms with Gasteiger partial charge in [-0.2, -0.15) is 0 Å². The van der Waals surface area contributed by atoms with E-state index in [9.17, 15) is 0 Å². The predicted molar refractivity (Wildman–Crippen MR) is 65.4 cm³/mol. The molecule has 3 aliphatic rings. The molecule has 0 saturated carbocycles. The zero-order valence-electron chi connectivity index (χ0n) is 10.2. The van der Waals surface area contributed by atoms with Crippen LogP contribution >= 0.6 is 0 Å². The Labute approximate surface area is 97.5 Å². The van der Waals surface area contributed by atoms with Crippen LogP contribution in [0.25, 0.3) is 0 Å². The van der Waals surface area contributed by atoms with Gasteiger partial charge in [-0.05, 0) is 31.7 Å². The van der Waals surface area contributed by atoms with Gasteiger partial charge in [-0.25, -0.2) is 0 Å². The number of nitrogens with two attached hydrogens (primary N) is 1. The zero-order valence-corrected chi connectivity index (χ0v) is 10.2. The second kappa shape index (κ2) is 3.62. The Bertz CT molecular complexity index is 314. The van der Waals surface area contributed by atoms with E-state index >= 15 is 0 Å². The average molecular weight is 222 g/mol. The molecule has 2 bridgehead atoms. The number of rotatable bonds is 2. The van der Waals surface area contributed by atoms with Crippen molar-refractivity contribution in [2.24, 2.45) is 16.6 Å². The summed E-state index contributed by atoms with van der Waals surface area (Å²) in [6.45, 7) is 8.03. The van der Waals surface area contributed by atoms with Crippen LogP contribution in [0.2, 0.25) is 0 Å². The molecule has 3 aliphatic heterocycles. The molecular formula is C12H22N4. The largest absolute Gasteiger partial charge is 0.370 e. The molecule has 16 heavy (non-hydrogen) atoms. The van der Waals surface area contributed by atoms with Crippen LogP contribution in [0.4, 0.5) is 0 Å². The molecule has 0 aliphatic carbocycles. The molecule has 2 N–H and O–H groups in total. The van der Waals surface area contributed by atoms with Crippen LogP contribution in [0.1, 0.15) is 26.2 Å². The van der Waals surface area contributed by atoms with Crippen LogP contribution in [-0.2, 0) is 0 Å². The Balaban J connectivity index is 1.86. The summed E-state index contributed by atoms with van der Waals surface area (Å²) < 4.78 is 0. The van der Waals surface area contributed by atoms with E-state index in [1.165, 1.54) is 32.5 Å². The van der Waals surface area contributed by atoms with Crippen LogP contribution in [0.5, 0.6) is 0 Å². The van der Waals surface area contributed by atoms with Crippen LogP contribution < -0.4 is 5.73 Å². The molecule has 2 fully saturated rings. The fraction of sp³-hybridized carbons (Fsp3) is 0.917. The van der Waals surface area contributed by atoms with E-state index < -0.39 is 0 Å². The van der Waals surface area contributed by atoms with Crippen molar-refractivity contribution in [3.63, 3.8) is 0 Å². The van der Waals surface area contributed by atoms with Gasteiger partial charge in [-0.3, -0.25) is 4.99 Å². The molecule has 4 heteroatoms. The zero-order chi connectivity index (χ0) is 11.2. The number of hydrogen-bond donors (Lipinski definition) is 1. The SMILES string of the molecule is CCCN1C(N)=NCC12CCN1CCC2C1. The first-order valence-corrected chi connectivity index (χ1v) is 6.56. The molecule has 0 amide bonds. The highest BCUT2D eigenvalue weighted by Gasteiger charge is 2.52. The van der Waals surface area contributed by atoms with Gasteiger partial charge in [0.1, 0.15) is 0 Å². The third-order valence-electron chi connectivity index (χ3n) is 4.67. The molecule has 90 valence electrons. The summed E-state index contributed by atoms with van der Waals surface area (Å²) in [5.74, 6) is 1.58. The van der Waals surface area contributed by atoms with Crippen molar-refractivity contribution in [1.29, 1.82) is 0 Å². The lowest BCUT2D eigenvalue weighted by Crippen LogP contribution is -2.59. The van der Waals surface area contributed by atoms with E-state index in [1.807, 2.05) is 0 Å². The summed E-state index contributed by atoms with van der Waals surface area (Å²) in [6.07, 6.45) is 3.75. The maximum absolute atomic E-state index is 6.06.